The topological polar surface area (TPSA) is 43.7 Å². The summed E-state index contributed by atoms with van der Waals surface area (Å²) in [4.78, 5) is 2.29. The second-order valence-electron chi connectivity index (χ2n) is 6.88. The van der Waals surface area contributed by atoms with E-state index in [0.717, 1.165) is 38.6 Å². The molecule has 3 nitrogen and oxygen atoms in total. The highest BCUT2D eigenvalue weighted by Crippen LogP contribution is 2.35. The molecule has 2 N–H and O–H groups in total. The molecule has 2 rings (SSSR count). The minimum absolute atomic E-state index is 0.206. The van der Waals surface area contributed by atoms with Crippen molar-refractivity contribution < 1.29 is 10.2 Å². The Bertz CT molecular complexity index is 336. The fourth-order valence-electron chi connectivity index (χ4n) is 3.46. The van der Waals surface area contributed by atoms with Crippen molar-refractivity contribution in [2.75, 3.05) is 13.6 Å². The van der Waals surface area contributed by atoms with Crippen molar-refractivity contribution in [1.82, 2.24) is 4.90 Å². The Kier molecular flexibility index (Phi) is 4.38. The van der Waals surface area contributed by atoms with E-state index in [4.69, 9.17) is 0 Å². The smallest absolute Gasteiger partial charge is 0.0881 e. The van der Waals surface area contributed by atoms with E-state index in [1.165, 1.54) is 6.42 Å². The van der Waals surface area contributed by atoms with Gasteiger partial charge in [-0.05, 0) is 33.2 Å². The van der Waals surface area contributed by atoms with E-state index in [-0.39, 0.29) is 5.92 Å². The summed E-state index contributed by atoms with van der Waals surface area (Å²) in [7, 11) is 2.11. The second-order valence-corrected chi connectivity index (χ2v) is 6.88. The molecule has 2 aliphatic rings. The van der Waals surface area contributed by atoms with Gasteiger partial charge in [0, 0.05) is 18.5 Å². The van der Waals surface area contributed by atoms with Crippen molar-refractivity contribution in [3.05, 3.63) is 12.2 Å². The summed E-state index contributed by atoms with van der Waals surface area (Å²) in [5.74, 6) is 0.206. The molecule has 0 radical (unpaired) electrons. The molecular formula is C16H29NO2. The predicted octanol–water partition coefficient (Wildman–Crippen LogP) is 2.33. The number of piperidine rings is 1. The summed E-state index contributed by atoms with van der Waals surface area (Å²) < 4.78 is 0. The lowest BCUT2D eigenvalue weighted by Gasteiger charge is -2.44. The zero-order valence-corrected chi connectivity index (χ0v) is 12.6. The number of rotatable bonds is 2. The Hall–Kier alpha value is -0.380. The van der Waals surface area contributed by atoms with Crippen LogP contribution in [0.25, 0.3) is 0 Å². The van der Waals surface area contributed by atoms with Crippen molar-refractivity contribution >= 4 is 0 Å². The number of likely N-dealkylation sites (tertiary alicyclic amines) is 1. The van der Waals surface area contributed by atoms with Crippen LogP contribution in [0.3, 0.4) is 0 Å². The minimum Gasteiger partial charge on any atom is -0.386 e. The van der Waals surface area contributed by atoms with Crippen LogP contribution in [0, 0.1) is 5.92 Å². The van der Waals surface area contributed by atoms with E-state index in [1.54, 1.807) is 0 Å². The SMILES string of the molecule is C[C@@H]1C[C@@](O)(/C=C/C2(O)CCCCC2)[C@H](C)CN1C. The number of hydrogen-bond donors (Lipinski definition) is 2. The van der Waals surface area contributed by atoms with Gasteiger partial charge in [-0.2, -0.15) is 0 Å². The van der Waals surface area contributed by atoms with Crippen LogP contribution < -0.4 is 0 Å². The molecule has 0 amide bonds. The highest BCUT2D eigenvalue weighted by atomic mass is 16.3. The van der Waals surface area contributed by atoms with Crippen LogP contribution in [0.4, 0.5) is 0 Å². The van der Waals surface area contributed by atoms with Crippen molar-refractivity contribution in [3.63, 3.8) is 0 Å². The third-order valence-electron chi connectivity index (χ3n) is 5.19. The summed E-state index contributed by atoms with van der Waals surface area (Å²) in [6.07, 6.45) is 9.61. The Morgan fingerprint density at radius 2 is 1.68 bits per heavy atom. The number of nitrogens with zero attached hydrogens (tertiary/aromatic N) is 1. The van der Waals surface area contributed by atoms with Gasteiger partial charge in [0.2, 0.25) is 0 Å². The molecule has 3 atom stereocenters. The lowest BCUT2D eigenvalue weighted by molar-refractivity contribution is -0.0441. The van der Waals surface area contributed by atoms with Crippen molar-refractivity contribution in [2.24, 2.45) is 5.92 Å². The molecule has 1 saturated heterocycles. The maximum atomic E-state index is 10.8. The lowest BCUT2D eigenvalue weighted by atomic mass is 9.77. The van der Waals surface area contributed by atoms with Gasteiger partial charge in [-0.1, -0.05) is 38.3 Å². The molecular weight excluding hydrogens is 238 g/mol. The normalized spacial score (nSPS) is 40.7. The van der Waals surface area contributed by atoms with E-state index in [1.807, 2.05) is 12.2 Å². The molecule has 0 aromatic rings. The van der Waals surface area contributed by atoms with Gasteiger partial charge < -0.3 is 15.1 Å². The molecule has 2 fully saturated rings. The first-order chi connectivity index (χ1) is 8.85. The van der Waals surface area contributed by atoms with Gasteiger partial charge in [0.05, 0.1) is 11.2 Å². The molecule has 1 saturated carbocycles. The first kappa shape index (κ1) is 15.0. The molecule has 0 aromatic carbocycles. The zero-order chi connectivity index (χ0) is 14.1. The fourth-order valence-corrected chi connectivity index (χ4v) is 3.46. The third kappa shape index (κ3) is 3.39. The minimum atomic E-state index is -0.765. The molecule has 0 spiro atoms. The third-order valence-corrected chi connectivity index (χ3v) is 5.19. The maximum Gasteiger partial charge on any atom is 0.0881 e. The first-order valence-corrected chi connectivity index (χ1v) is 7.70. The summed E-state index contributed by atoms with van der Waals surface area (Å²) in [6, 6.07) is 0.381. The second kappa shape index (κ2) is 5.55. The van der Waals surface area contributed by atoms with E-state index in [0.29, 0.717) is 6.04 Å². The lowest BCUT2D eigenvalue weighted by Crippen LogP contribution is -2.52. The van der Waals surface area contributed by atoms with Crippen molar-refractivity contribution in [1.29, 1.82) is 0 Å². The zero-order valence-electron chi connectivity index (χ0n) is 12.6. The maximum absolute atomic E-state index is 10.8. The van der Waals surface area contributed by atoms with Gasteiger partial charge in [0.1, 0.15) is 0 Å². The quantitative estimate of drug-likeness (QED) is 0.755. The molecule has 0 aromatic heterocycles. The highest BCUT2D eigenvalue weighted by Gasteiger charge is 2.40. The van der Waals surface area contributed by atoms with Crippen LogP contribution in [-0.4, -0.2) is 45.9 Å². The largest absolute Gasteiger partial charge is 0.386 e. The molecule has 110 valence electrons. The van der Waals surface area contributed by atoms with Gasteiger partial charge in [0.15, 0.2) is 0 Å². The van der Waals surface area contributed by atoms with E-state index in [9.17, 15) is 10.2 Å². The predicted molar refractivity (Wildman–Crippen MR) is 78.0 cm³/mol. The standard InChI is InChI=1S/C16H29NO2/c1-13-12-17(3)14(2)11-16(13,19)10-9-15(18)7-5-4-6-8-15/h9-10,13-14,18-19H,4-8,11-12H2,1-3H3/b10-9+/t13-,14-,16+/m1/s1. The van der Waals surface area contributed by atoms with Crippen LogP contribution in [0.1, 0.15) is 52.4 Å². The Morgan fingerprint density at radius 1 is 1.05 bits per heavy atom. The van der Waals surface area contributed by atoms with Gasteiger partial charge in [0.25, 0.3) is 0 Å². The molecule has 0 bridgehead atoms. The molecule has 0 unspecified atom stereocenters. The van der Waals surface area contributed by atoms with Crippen LogP contribution in [0.5, 0.6) is 0 Å². The van der Waals surface area contributed by atoms with Crippen LogP contribution in [0.15, 0.2) is 12.2 Å². The summed E-state index contributed by atoms with van der Waals surface area (Å²) >= 11 is 0. The van der Waals surface area contributed by atoms with Crippen molar-refractivity contribution in [3.8, 4) is 0 Å². The first-order valence-electron chi connectivity index (χ1n) is 7.70. The monoisotopic (exact) mass is 267 g/mol. The number of hydrogen-bond acceptors (Lipinski definition) is 3. The Balaban J connectivity index is 2.07. The fraction of sp³-hybridized carbons (Fsp3) is 0.875. The molecule has 1 aliphatic heterocycles. The molecule has 3 heteroatoms. The Labute approximate surface area is 117 Å². The number of aliphatic hydroxyl groups is 2. The van der Waals surface area contributed by atoms with Gasteiger partial charge >= 0.3 is 0 Å². The van der Waals surface area contributed by atoms with E-state index >= 15 is 0 Å². The summed E-state index contributed by atoms with van der Waals surface area (Å²) in [5, 5.41) is 21.4. The average molecular weight is 267 g/mol. The van der Waals surface area contributed by atoms with Gasteiger partial charge in [-0.15, -0.1) is 0 Å². The summed E-state index contributed by atoms with van der Waals surface area (Å²) in [5.41, 5.74) is -1.45. The van der Waals surface area contributed by atoms with Crippen LogP contribution >= 0.6 is 0 Å². The Morgan fingerprint density at radius 3 is 2.32 bits per heavy atom. The van der Waals surface area contributed by atoms with Gasteiger partial charge in [-0.3, -0.25) is 0 Å². The van der Waals surface area contributed by atoms with Crippen LogP contribution in [0.2, 0.25) is 0 Å². The molecule has 1 heterocycles. The molecule has 19 heavy (non-hydrogen) atoms. The van der Waals surface area contributed by atoms with E-state index in [2.05, 4.69) is 25.8 Å². The van der Waals surface area contributed by atoms with Gasteiger partial charge in [-0.25, -0.2) is 0 Å². The molecule has 1 aliphatic carbocycles. The average Bonchev–Trinajstić information content (AvgIpc) is 2.36. The van der Waals surface area contributed by atoms with Crippen LogP contribution in [-0.2, 0) is 0 Å². The van der Waals surface area contributed by atoms with E-state index < -0.39 is 11.2 Å². The highest BCUT2D eigenvalue weighted by molar-refractivity contribution is 5.13. The van der Waals surface area contributed by atoms with Crippen molar-refractivity contribution in [2.45, 2.75) is 69.6 Å². The summed E-state index contributed by atoms with van der Waals surface area (Å²) in [6.45, 7) is 5.15.